The van der Waals surface area contributed by atoms with Gasteiger partial charge in [0.15, 0.2) is 5.82 Å². The molecule has 0 saturated heterocycles. The highest BCUT2D eigenvalue weighted by Gasteiger charge is 2.25. The number of rotatable bonds is 5. The minimum absolute atomic E-state index is 0.616. The molecule has 4 heteroatoms. The first kappa shape index (κ1) is 11.4. The van der Waals surface area contributed by atoms with Crippen LogP contribution in [0.1, 0.15) is 41.6 Å². The van der Waals surface area contributed by atoms with E-state index in [1.807, 2.05) is 0 Å². The van der Waals surface area contributed by atoms with Gasteiger partial charge in [0.05, 0.1) is 6.54 Å². The van der Waals surface area contributed by atoms with Crippen molar-refractivity contribution in [3.8, 4) is 0 Å². The van der Waals surface area contributed by atoms with E-state index in [-0.39, 0.29) is 0 Å². The first-order chi connectivity index (χ1) is 8.83. The highest BCUT2D eigenvalue weighted by molar-refractivity contribution is 5.33. The zero-order chi connectivity index (χ0) is 12.4. The molecule has 0 bridgehead atoms. The van der Waals surface area contributed by atoms with E-state index in [2.05, 4.69) is 39.7 Å². The monoisotopic (exact) mass is 243 g/mol. The molecule has 0 radical (unpaired) electrons. The van der Waals surface area contributed by atoms with Gasteiger partial charge in [-0.2, -0.15) is 4.98 Å². The zero-order valence-electron chi connectivity index (χ0n) is 10.5. The third kappa shape index (κ3) is 2.59. The molecule has 1 heterocycles. The number of nitrogens with one attached hydrogen (secondary N) is 1. The zero-order valence-corrected chi connectivity index (χ0v) is 10.5. The number of hydrogen-bond acceptors (Lipinski definition) is 4. The van der Waals surface area contributed by atoms with Crippen LogP contribution in [0, 0.1) is 6.92 Å². The van der Waals surface area contributed by atoms with Gasteiger partial charge in [-0.05, 0) is 29.9 Å². The maximum atomic E-state index is 4.94. The van der Waals surface area contributed by atoms with Gasteiger partial charge in [0.2, 0.25) is 5.89 Å². The van der Waals surface area contributed by atoms with Gasteiger partial charge in [0, 0.05) is 13.5 Å². The molecular formula is C14H17N3O. The number of aryl methyl sites for hydroxylation is 1. The Kier molecular flexibility index (Phi) is 3.11. The highest BCUT2D eigenvalue weighted by Crippen LogP contribution is 2.41. The molecule has 1 aliphatic carbocycles. The van der Waals surface area contributed by atoms with Crippen molar-refractivity contribution in [1.29, 1.82) is 0 Å². The van der Waals surface area contributed by atoms with Crippen LogP contribution in [0.4, 0.5) is 0 Å². The molecule has 4 nitrogen and oxygen atoms in total. The Morgan fingerprint density at radius 1 is 1.28 bits per heavy atom. The lowest BCUT2D eigenvalue weighted by atomic mass is 10.0. The van der Waals surface area contributed by atoms with E-state index < -0.39 is 0 Å². The SMILES string of the molecule is Cc1nc(CNCc2ccccc2C2CC2)no1. The summed E-state index contributed by atoms with van der Waals surface area (Å²) in [6.45, 7) is 3.31. The molecule has 94 valence electrons. The first-order valence-electron chi connectivity index (χ1n) is 6.40. The summed E-state index contributed by atoms with van der Waals surface area (Å²) in [7, 11) is 0. The van der Waals surface area contributed by atoms with Crippen molar-refractivity contribution in [2.75, 3.05) is 0 Å². The summed E-state index contributed by atoms with van der Waals surface area (Å²) in [5, 5.41) is 7.24. The highest BCUT2D eigenvalue weighted by atomic mass is 16.5. The van der Waals surface area contributed by atoms with Crippen molar-refractivity contribution >= 4 is 0 Å². The summed E-state index contributed by atoms with van der Waals surface area (Å²) in [6, 6.07) is 8.66. The fraction of sp³-hybridized carbons (Fsp3) is 0.429. The molecule has 3 rings (SSSR count). The molecule has 0 atom stereocenters. The normalized spacial score (nSPS) is 14.9. The molecule has 1 aromatic heterocycles. The lowest BCUT2D eigenvalue weighted by molar-refractivity contribution is 0.385. The minimum Gasteiger partial charge on any atom is -0.340 e. The summed E-state index contributed by atoms with van der Waals surface area (Å²) in [5.41, 5.74) is 2.88. The largest absolute Gasteiger partial charge is 0.340 e. The van der Waals surface area contributed by atoms with Gasteiger partial charge in [0.1, 0.15) is 0 Å². The van der Waals surface area contributed by atoms with Gasteiger partial charge in [0.25, 0.3) is 0 Å². The second kappa shape index (κ2) is 4.90. The van der Waals surface area contributed by atoms with E-state index in [9.17, 15) is 0 Å². The average molecular weight is 243 g/mol. The fourth-order valence-electron chi connectivity index (χ4n) is 2.21. The second-order valence-electron chi connectivity index (χ2n) is 4.81. The van der Waals surface area contributed by atoms with Crippen molar-refractivity contribution in [1.82, 2.24) is 15.5 Å². The van der Waals surface area contributed by atoms with E-state index in [4.69, 9.17) is 4.52 Å². The Balaban J connectivity index is 1.59. The minimum atomic E-state index is 0.616. The number of benzene rings is 1. The molecule has 2 aromatic rings. The van der Waals surface area contributed by atoms with Crippen LogP contribution in [0.2, 0.25) is 0 Å². The van der Waals surface area contributed by atoms with Crippen LogP contribution in [0.3, 0.4) is 0 Å². The molecule has 1 aromatic carbocycles. The van der Waals surface area contributed by atoms with Gasteiger partial charge < -0.3 is 9.84 Å². The molecule has 1 aliphatic rings. The average Bonchev–Trinajstić information content (AvgIpc) is 3.14. The number of nitrogens with zero attached hydrogens (tertiary/aromatic N) is 2. The molecular weight excluding hydrogens is 226 g/mol. The molecule has 0 amide bonds. The Morgan fingerprint density at radius 2 is 2.11 bits per heavy atom. The van der Waals surface area contributed by atoms with Crippen LogP contribution in [0.25, 0.3) is 0 Å². The summed E-state index contributed by atoms with van der Waals surface area (Å²) < 4.78 is 4.94. The molecule has 0 unspecified atom stereocenters. The Morgan fingerprint density at radius 3 is 2.83 bits per heavy atom. The van der Waals surface area contributed by atoms with Crippen molar-refractivity contribution in [3.63, 3.8) is 0 Å². The maximum Gasteiger partial charge on any atom is 0.223 e. The molecule has 1 saturated carbocycles. The lowest BCUT2D eigenvalue weighted by Gasteiger charge is -2.08. The summed E-state index contributed by atoms with van der Waals surface area (Å²) in [6.07, 6.45) is 2.67. The third-order valence-electron chi connectivity index (χ3n) is 3.24. The quantitative estimate of drug-likeness (QED) is 0.876. The second-order valence-corrected chi connectivity index (χ2v) is 4.81. The van der Waals surface area contributed by atoms with Crippen molar-refractivity contribution in [2.24, 2.45) is 0 Å². The van der Waals surface area contributed by atoms with Gasteiger partial charge in [-0.1, -0.05) is 29.4 Å². The van der Waals surface area contributed by atoms with Crippen LogP contribution in [0.5, 0.6) is 0 Å². The van der Waals surface area contributed by atoms with Gasteiger partial charge in [-0.25, -0.2) is 0 Å². The van der Waals surface area contributed by atoms with Crippen molar-refractivity contribution < 1.29 is 4.52 Å². The molecule has 0 spiro atoms. The van der Waals surface area contributed by atoms with Gasteiger partial charge >= 0.3 is 0 Å². The summed E-state index contributed by atoms with van der Waals surface area (Å²) in [5.74, 6) is 2.12. The molecule has 0 aliphatic heterocycles. The third-order valence-corrected chi connectivity index (χ3v) is 3.24. The van der Waals surface area contributed by atoms with E-state index in [0.717, 1.165) is 18.3 Å². The maximum absolute atomic E-state index is 4.94. The van der Waals surface area contributed by atoms with E-state index in [0.29, 0.717) is 12.4 Å². The molecule has 1 N–H and O–H groups in total. The smallest absolute Gasteiger partial charge is 0.223 e. The topological polar surface area (TPSA) is 51.0 Å². The standard InChI is InChI=1S/C14H17N3O/c1-10-16-14(17-18-10)9-15-8-12-4-2-3-5-13(12)11-6-7-11/h2-5,11,15H,6-9H2,1H3. The molecule has 1 fully saturated rings. The summed E-state index contributed by atoms with van der Waals surface area (Å²) >= 11 is 0. The summed E-state index contributed by atoms with van der Waals surface area (Å²) in [4.78, 5) is 4.17. The van der Waals surface area contributed by atoms with Crippen molar-refractivity contribution in [2.45, 2.75) is 38.8 Å². The van der Waals surface area contributed by atoms with E-state index >= 15 is 0 Å². The molecule has 18 heavy (non-hydrogen) atoms. The van der Waals surface area contributed by atoms with Crippen LogP contribution < -0.4 is 5.32 Å². The van der Waals surface area contributed by atoms with Gasteiger partial charge in [-0.3, -0.25) is 0 Å². The van der Waals surface area contributed by atoms with Gasteiger partial charge in [-0.15, -0.1) is 0 Å². The van der Waals surface area contributed by atoms with Crippen molar-refractivity contribution in [3.05, 3.63) is 47.1 Å². The Bertz CT molecular complexity index is 531. The van der Waals surface area contributed by atoms with E-state index in [1.165, 1.54) is 24.0 Å². The number of hydrogen-bond donors (Lipinski definition) is 1. The lowest BCUT2D eigenvalue weighted by Crippen LogP contribution is -2.14. The van der Waals surface area contributed by atoms with Crippen LogP contribution in [-0.2, 0) is 13.1 Å². The van der Waals surface area contributed by atoms with Crippen LogP contribution in [0.15, 0.2) is 28.8 Å². The fourth-order valence-corrected chi connectivity index (χ4v) is 2.21. The van der Waals surface area contributed by atoms with Crippen LogP contribution >= 0.6 is 0 Å². The number of aromatic nitrogens is 2. The van der Waals surface area contributed by atoms with E-state index in [1.54, 1.807) is 6.92 Å². The predicted octanol–water partition coefficient (Wildman–Crippen LogP) is 2.55. The first-order valence-corrected chi connectivity index (χ1v) is 6.40. The Hall–Kier alpha value is -1.68. The Labute approximate surface area is 106 Å². The van der Waals surface area contributed by atoms with Crippen LogP contribution in [-0.4, -0.2) is 10.1 Å². The predicted molar refractivity (Wildman–Crippen MR) is 68.0 cm³/mol.